The van der Waals surface area contributed by atoms with Crippen molar-refractivity contribution in [2.75, 3.05) is 12.4 Å². The largest absolute Gasteiger partial charge is 0.495 e. The first-order valence-corrected chi connectivity index (χ1v) is 9.61. The second-order valence-corrected chi connectivity index (χ2v) is 7.33. The molecule has 4 rings (SSSR count). The van der Waals surface area contributed by atoms with E-state index in [1.54, 1.807) is 30.3 Å². The first-order valence-electron chi connectivity index (χ1n) is 8.35. The Morgan fingerprint density at radius 3 is 2.68 bits per heavy atom. The molecule has 1 aromatic carbocycles. The zero-order valence-corrected chi connectivity index (χ0v) is 16.3. The number of ether oxygens (including phenoxy) is 1. The van der Waals surface area contributed by atoms with Gasteiger partial charge in [0.05, 0.1) is 30.5 Å². The fraction of sp³-hybridized carbons (Fsp3) is 0.100. The van der Waals surface area contributed by atoms with Crippen LogP contribution in [0.15, 0.2) is 64.2 Å². The summed E-state index contributed by atoms with van der Waals surface area (Å²) in [6.07, 6.45) is 1.51. The van der Waals surface area contributed by atoms with Crippen LogP contribution in [0.4, 0.5) is 5.69 Å². The smallest absolute Gasteiger partial charge is 0.278 e. The Hall–Kier alpha value is -3.03. The highest BCUT2D eigenvalue weighted by atomic mass is 35.5. The van der Waals surface area contributed by atoms with E-state index < -0.39 is 5.91 Å². The summed E-state index contributed by atoms with van der Waals surface area (Å²) in [5.74, 6) is 0.261. The minimum atomic E-state index is -0.420. The van der Waals surface area contributed by atoms with Gasteiger partial charge < -0.3 is 14.5 Å². The van der Waals surface area contributed by atoms with Crippen LogP contribution in [-0.2, 0) is 16.1 Å². The molecule has 1 N–H and O–H groups in total. The predicted octanol–water partition coefficient (Wildman–Crippen LogP) is 4.40. The lowest BCUT2D eigenvalue weighted by Gasteiger charge is -2.14. The van der Waals surface area contributed by atoms with E-state index in [1.165, 1.54) is 29.6 Å². The molecule has 8 heteroatoms. The van der Waals surface area contributed by atoms with Crippen molar-refractivity contribution in [2.24, 2.45) is 0 Å². The van der Waals surface area contributed by atoms with Crippen molar-refractivity contribution >= 4 is 46.0 Å². The molecule has 3 aromatic rings. The van der Waals surface area contributed by atoms with Gasteiger partial charge in [0.15, 0.2) is 0 Å². The first kappa shape index (κ1) is 18.3. The number of imide groups is 1. The molecule has 0 saturated heterocycles. The Labute approximate surface area is 170 Å². The molecule has 142 valence electrons. The van der Waals surface area contributed by atoms with E-state index in [9.17, 15) is 9.59 Å². The quantitative estimate of drug-likeness (QED) is 0.605. The van der Waals surface area contributed by atoms with Crippen molar-refractivity contribution in [3.63, 3.8) is 0 Å². The second kappa shape index (κ2) is 7.53. The van der Waals surface area contributed by atoms with Crippen molar-refractivity contribution in [3.05, 3.63) is 75.5 Å². The number of rotatable bonds is 6. The zero-order chi connectivity index (χ0) is 19.7. The van der Waals surface area contributed by atoms with Crippen LogP contribution in [0, 0.1) is 0 Å². The average Bonchev–Trinajstić information content (AvgIpc) is 3.42. The van der Waals surface area contributed by atoms with Crippen LogP contribution in [-0.4, -0.2) is 23.8 Å². The number of anilines is 1. The Kier molecular flexibility index (Phi) is 4.93. The van der Waals surface area contributed by atoms with Crippen LogP contribution >= 0.6 is 22.9 Å². The highest BCUT2D eigenvalue weighted by molar-refractivity contribution is 7.11. The molecule has 0 atom stereocenters. The number of amides is 2. The molecule has 0 fully saturated rings. The topological polar surface area (TPSA) is 71.8 Å². The number of carbonyl (C=O) groups is 2. The Balaban J connectivity index is 1.71. The van der Waals surface area contributed by atoms with Gasteiger partial charge in [-0.1, -0.05) is 17.7 Å². The van der Waals surface area contributed by atoms with Gasteiger partial charge in [-0.05, 0) is 41.8 Å². The van der Waals surface area contributed by atoms with Crippen molar-refractivity contribution in [1.29, 1.82) is 0 Å². The Morgan fingerprint density at radius 1 is 1.18 bits per heavy atom. The summed E-state index contributed by atoms with van der Waals surface area (Å²) in [6, 6.07) is 12.2. The van der Waals surface area contributed by atoms with Gasteiger partial charge in [0.25, 0.3) is 11.8 Å². The number of hydrogen-bond donors (Lipinski definition) is 1. The standard InChI is InChI=1S/C20H15ClN2O4S/c1-26-15-7-6-12(10-14(15)21)22-18-17(16-5-3-9-28-16)19(24)23(20(18)25)11-13-4-2-8-27-13/h2-10,22H,11H2,1H3. The molecule has 0 unspecified atom stereocenters. The molecule has 0 spiro atoms. The minimum absolute atomic E-state index is 0.0636. The average molecular weight is 415 g/mol. The summed E-state index contributed by atoms with van der Waals surface area (Å²) >= 11 is 7.58. The molecule has 2 amide bonds. The third kappa shape index (κ3) is 3.30. The van der Waals surface area contributed by atoms with Crippen molar-refractivity contribution in [1.82, 2.24) is 4.90 Å². The van der Waals surface area contributed by atoms with Crippen molar-refractivity contribution in [2.45, 2.75) is 6.54 Å². The Morgan fingerprint density at radius 2 is 2.04 bits per heavy atom. The number of carbonyl (C=O) groups excluding carboxylic acids is 2. The van der Waals surface area contributed by atoms with Gasteiger partial charge in [-0.15, -0.1) is 11.3 Å². The molecular weight excluding hydrogens is 400 g/mol. The normalized spacial score (nSPS) is 14.1. The summed E-state index contributed by atoms with van der Waals surface area (Å²) in [5, 5.41) is 5.32. The number of hydrogen-bond acceptors (Lipinski definition) is 6. The molecule has 28 heavy (non-hydrogen) atoms. The van der Waals surface area contributed by atoms with Gasteiger partial charge in [0.1, 0.15) is 17.2 Å². The van der Waals surface area contributed by atoms with E-state index in [-0.39, 0.29) is 18.1 Å². The summed E-state index contributed by atoms with van der Waals surface area (Å²) in [5.41, 5.74) is 1.12. The maximum atomic E-state index is 13.1. The lowest BCUT2D eigenvalue weighted by molar-refractivity contribution is -0.137. The van der Waals surface area contributed by atoms with Crippen LogP contribution < -0.4 is 10.1 Å². The lowest BCUT2D eigenvalue weighted by atomic mass is 10.2. The fourth-order valence-electron chi connectivity index (χ4n) is 2.93. The van der Waals surface area contributed by atoms with Gasteiger partial charge in [0.2, 0.25) is 0 Å². The van der Waals surface area contributed by atoms with E-state index in [4.69, 9.17) is 20.8 Å². The van der Waals surface area contributed by atoms with Crippen LogP contribution in [0.3, 0.4) is 0 Å². The van der Waals surface area contributed by atoms with E-state index in [2.05, 4.69) is 5.32 Å². The van der Waals surface area contributed by atoms with E-state index in [0.29, 0.717) is 32.7 Å². The SMILES string of the molecule is COc1ccc(NC2=C(c3cccs3)C(=O)N(Cc3ccco3)C2=O)cc1Cl. The third-order valence-electron chi connectivity index (χ3n) is 4.25. The summed E-state index contributed by atoms with van der Waals surface area (Å²) in [4.78, 5) is 28.0. The molecule has 1 aliphatic rings. The third-order valence-corrected chi connectivity index (χ3v) is 5.43. The molecular formula is C20H15ClN2O4S. The minimum Gasteiger partial charge on any atom is -0.495 e. The molecule has 1 aliphatic heterocycles. The lowest BCUT2D eigenvalue weighted by Crippen LogP contribution is -2.31. The van der Waals surface area contributed by atoms with Gasteiger partial charge in [-0.3, -0.25) is 14.5 Å². The number of nitrogens with zero attached hydrogens (tertiary/aromatic N) is 1. The van der Waals surface area contributed by atoms with Crippen molar-refractivity contribution in [3.8, 4) is 5.75 Å². The maximum Gasteiger partial charge on any atom is 0.278 e. The van der Waals surface area contributed by atoms with Gasteiger partial charge >= 0.3 is 0 Å². The number of benzene rings is 1. The molecule has 0 aliphatic carbocycles. The fourth-order valence-corrected chi connectivity index (χ4v) is 3.96. The molecule has 0 bridgehead atoms. The number of furan rings is 1. The van der Waals surface area contributed by atoms with Gasteiger partial charge in [-0.2, -0.15) is 0 Å². The highest BCUT2D eigenvalue weighted by Crippen LogP contribution is 2.35. The summed E-state index contributed by atoms with van der Waals surface area (Å²) in [7, 11) is 1.53. The molecule has 0 saturated carbocycles. The Bertz CT molecular complexity index is 1060. The summed E-state index contributed by atoms with van der Waals surface area (Å²) in [6.45, 7) is 0.0636. The maximum absolute atomic E-state index is 13.1. The number of halogens is 1. The molecule has 3 heterocycles. The predicted molar refractivity (Wildman–Crippen MR) is 107 cm³/mol. The van der Waals surface area contributed by atoms with Gasteiger partial charge in [-0.25, -0.2) is 0 Å². The van der Waals surface area contributed by atoms with Crippen LogP contribution in [0.2, 0.25) is 5.02 Å². The number of thiophene rings is 1. The molecule has 6 nitrogen and oxygen atoms in total. The second-order valence-electron chi connectivity index (χ2n) is 5.98. The van der Waals surface area contributed by atoms with Crippen LogP contribution in [0.25, 0.3) is 5.57 Å². The first-order chi connectivity index (χ1) is 13.6. The van der Waals surface area contributed by atoms with E-state index >= 15 is 0 Å². The molecule has 0 radical (unpaired) electrons. The van der Waals surface area contributed by atoms with E-state index in [1.807, 2.05) is 17.5 Å². The molecule has 2 aromatic heterocycles. The zero-order valence-electron chi connectivity index (χ0n) is 14.8. The number of methoxy groups -OCH3 is 1. The monoisotopic (exact) mass is 414 g/mol. The summed E-state index contributed by atoms with van der Waals surface area (Å²) < 4.78 is 10.5. The number of nitrogens with one attached hydrogen (secondary N) is 1. The van der Waals surface area contributed by atoms with Crippen LogP contribution in [0.1, 0.15) is 10.6 Å². The van der Waals surface area contributed by atoms with Crippen LogP contribution in [0.5, 0.6) is 5.75 Å². The van der Waals surface area contributed by atoms with Crippen molar-refractivity contribution < 1.29 is 18.7 Å². The van der Waals surface area contributed by atoms with E-state index in [0.717, 1.165) is 0 Å². The highest BCUT2D eigenvalue weighted by Gasteiger charge is 2.40. The van der Waals surface area contributed by atoms with Gasteiger partial charge in [0, 0.05) is 10.6 Å².